The van der Waals surface area contributed by atoms with Crippen LogP contribution in [-0.4, -0.2) is 32.8 Å². The van der Waals surface area contributed by atoms with Crippen molar-refractivity contribution < 1.29 is 22.3 Å². The van der Waals surface area contributed by atoms with Crippen LogP contribution in [-0.2, 0) is 10.0 Å². The molecule has 1 unspecified atom stereocenters. The molecule has 0 fully saturated rings. The van der Waals surface area contributed by atoms with Gasteiger partial charge >= 0.3 is 0 Å². The van der Waals surface area contributed by atoms with Gasteiger partial charge in [0.1, 0.15) is 22.4 Å². The highest BCUT2D eigenvalue weighted by Crippen LogP contribution is 2.30. The van der Waals surface area contributed by atoms with Gasteiger partial charge in [0.25, 0.3) is 0 Å². The zero-order valence-corrected chi connectivity index (χ0v) is 15.8. The van der Waals surface area contributed by atoms with Gasteiger partial charge in [-0.1, -0.05) is 13.8 Å². The molecule has 0 aliphatic carbocycles. The number of methoxy groups -OCH3 is 2. The van der Waals surface area contributed by atoms with Crippen LogP contribution in [0.5, 0.6) is 11.5 Å². The fourth-order valence-electron chi connectivity index (χ4n) is 2.37. The maximum absolute atomic E-state index is 12.9. The van der Waals surface area contributed by atoms with Crippen molar-refractivity contribution in [3.8, 4) is 11.5 Å². The Hall–Kier alpha value is -2.13. The van der Waals surface area contributed by atoms with Gasteiger partial charge in [-0.05, 0) is 24.5 Å². The van der Waals surface area contributed by atoms with Crippen LogP contribution in [0.2, 0.25) is 0 Å². The van der Waals surface area contributed by atoms with E-state index in [0.717, 1.165) is 0 Å². The molecule has 25 heavy (non-hydrogen) atoms. The first-order valence-corrected chi connectivity index (χ1v) is 9.29. The average molecular weight is 369 g/mol. The van der Waals surface area contributed by atoms with E-state index in [1.54, 1.807) is 19.1 Å². The van der Waals surface area contributed by atoms with Gasteiger partial charge in [0.15, 0.2) is 0 Å². The molecule has 1 N–H and O–H groups in total. The van der Waals surface area contributed by atoms with E-state index in [0.29, 0.717) is 18.1 Å². The van der Waals surface area contributed by atoms with Crippen LogP contribution in [0.1, 0.15) is 38.1 Å². The Morgan fingerprint density at radius 2 is 1.92 bits per heavy atom. The van der Waals surface area contributed by atoms with Gasteiger partial charge in [0.05, 0.1) is 14.2 Å². The van der Waals surface area contributed by atoms with Crippen molar-refractivity contribution in [2.45, 2.75) is 38.1 Å². The first-order chi connectivity index (χ1) is 11.8. The van der Waals surface area contributed by atoms with Crippen molar-refractivity contribution in [1.29, 1.82) is 0 Å². The van der Waals surface area contributed by atoms with E-state index in [1.807, 2.05) is 13.8 Å². The molecule has 1 aromatic heterocycles. The predicted octanol–water partition coefficient (Wildman–Crippen LogP) is 2.46. The number of hydrogen-bond acceptors (Lipinski definition) is 7. The fourth-order valence-corrected chi connectivity index (χ4v) is 3.75. The second kappa shape index (κ2) is 7.83. The van der Waals surface area contributed by atoms with Crippen molar-refractivity contribution in [2.75, 3.05) is 14.2 Å². The first-order valence-electron chi connectivity index (χ1n) is 7.81. The monoisotopic (exact) mass is 369 g/mol. The summed E-state index contributed by atoms with van der Waals surface area (Å²) in [7, 11) is -1.02. The van der Waals surface area contributed by atoms with Crippen LogP contribution in [0.4, 0.5) is 0 Å². The molecule has 9 heteroatoms. The fraction of sp³-hybridized carbons (Fsp3) is 0.500. The minimum atomic E-state index is -3.90. The third-order valence-electron chi connectivity index (χ3n) is 3.50. The van der Waals surface area contributed by atoms with Crippen LogP contribution in [0, 0.1) is 12.8 Å². The van der Waals surface area contributed by atoms with Crippen molar-refractivity contribution in [3.05, 3.63) is 30.0 Å². The zero-order chi connectivity index (χ0) is 18.6. The van der Waals surface area contributed by atoms with E-state index >= 15 is 0 Å². The van der Waals surface area contributed by atoms with Crippen LogP contribution < -0.4 is 14.2 Å². The molecule has 0 amide bonds. The average Bonchev–Trinajstić information content (AvgIpc) is 2.99. The first kappa shape index (κ1) is 19.2. The Labute approximate surface area is 147 Å². The molecule has 0 saturated carbocycles. The summed E-state index contributed by atoms with van der Waals surface area (Å²) in [6, 6.07) is 3.95. The number of aromatic nitrogens is 2. The summed E-state index contributed by atoms with van der Waals surface area (Å²) in [6.07, 6.45) is 0.507. The number of rotatable bonds is 8. The standard InChI is InChI=1S/C16H23N3O5S/c1-10(2)8-13(16-18-17-11(3)24-16)19-25(20,21)15-9-12(22-4)6-7-14(15)23-5/h6-7,9-10,13,19H,8H2,1-5H3. The van der Waals surface area contributed by atoms with E-state index in [1.165, 1.54) is 20.3 Å². The molecule has 0 bridgehead atoms. The maximum Gasteiger partial charge on any atom is 0.245 e. The van der Waals surface area contributed by atoms with Gasteiger partial charge in [-0.25, -0.2) is 8.42 Å². The van der Waals surface area contributed by atoms with Crippen LogP contribution >= 0.6 is 0 Å². The minimum absolute atomic E-state index is 0.0145. The van der Waals surface area contributed by atoms with Crippen molar-refractivity contribution in [1.82, 2.24) is 14.9 Å². The molecule has 0 radical (unpaired) electrons. The van der Waals surface area contributed by atoms with Crippen LogP contribution in [0.15, 0.2) is 27.5 Å². The molecule has 2 aromatic rings. The lowest BCUT2D eigenvalue weighted by Crippen LogP contribution is -2.30. The number of nitrogens with zero attached hydrogens (tertiary/aromatic N) is 2. The molecule has 0 saturated heterocycles. The highest BCUT2D eigenvalue weighted by molar-refractivity contribution is 7.89. The third-order valence-corrected chi connectivity index (χ3v) is 5.00. The highest BCUT2D eigenvalue weighted by Gasteiger charge is 2.28. The van der Waals surface area contributed by atoms with Crippen molar-refractivity contribution >= 4 is 10.0 Å². The SMILES string of the molecule is COc1ccc(OC)c(S(=O)(=O)NC(CC(C)C)c2nnc(C)o2)c1. The van der Waals surface area contributed by atoms with E-state index < -0.39 is 16.1 Å². The van der Waals surface area contributed by atoms with Gasteiger partial charge in [0.2, 0.25) is 21.8 Å². The summed E-state index contributed by atoms with van der Waals surface area (Å²) in [4.78, 5) is -0.0145. The lowest BCUT2D eigenvalue weighted by atomic mass is 10.0. The number of ether oxygens (including phenoxy) is 2. The van der Waals surface area contributed by atoms with Crippen LogP contribution in [0.3, 0.4) is 0 Å². The number of sulfonamides is 1. The lowest BCUT2D eigenvalue weighted by Gasteiger charge is -2.18. The Bertz CT molecular complexity index is 817. The zero-order valence-electron chi connectivity index (χ0n) is 14.9. The van der Waals surface area contributed by atoms with Gasteiger partial charge < -0.3 is 13.9 Å². The largest absolute Gasteiger partial charge is 0.497 e. The van der Waals surface area contributed by atoms with Gasteiger partial charge in [-0.3, -0.25) is 0 Å². The summed E-state index contributed by atoms with van der Waals surface area (Å²) >= 11 is 0. The summed E-state index contributed by atoms with van der Waals surface area (Å²) in [5, 5.41) is 7.74. The predicted molar refractivity (Wildman–Crippen MR) is 91.1 cm³/mol. The molecule has 0 aliphatic rings. The summed E-state index contributed by atoms with van der Waals surface area (Å²) in [5.41, 5.74) is 0. The van der Waals surface area contributed by atoms with Crippen molar-refractivity contribution in [3.63, 3.8) is 0 Å². The van der Waals surface area contributed by atoms with Crippen LogP contribution in [0.25, 0.3) is 0 Å². The topological polar surface area (TPSA) is 104 Å². The third kappa shape index (κ3) is 4.70. The molecule has 8 nitrogen and oxygen atoms in total. The molecule has 1 heterocycles. The van der Waals surface area contributed by atoms with Gasteiger partial charge in [0, 0.05) is 13.0 Å². The molecule has 0 spiro atoms. The molecular formula is C16H23N3O5S. The molecular weight excluding hydrogens is 346 g/mol. The molecule has 0 aliphatic heterocycles. The second-order valence-electron chi connectivity index (χ2n) is 5.98. The second-order valence-corrected chi connectivity index (χ2v) is 7.66. The quantitative estimate of drug-likeness (QED) is 0.762. The number of aryl methyl sites for hydroxylation is 1. The molecule has 1 aromatic carbocycles. The molecule has 138 valence electrons. The summed E-state index contributed by atoms with van der Waals surface area (Å²) in [6.45, 7) is 5.62. The summed E-state index contributed by atoms with van der Waals surface area (Å²) < 4.78 is 44.2. The molecule has 1 atom stereocenters. The van der Waals surface area contributed by atoms with E-state index in [2.05, 4.69) is 14.9 Å². The number of benzene rings is 1. The van der Waals surface area contributed by atoms with Crippen molar-refractivity contribution in [2.24, 2.45) is 5.92 Å². The Balaban J connectivity index is 2.40. The number of hydrogen-bond donors (Lipinski definition) is 1. The van der Waals surface area contributed by atoms with Gasteiger partial charge in [-0.2, -0.15) is 4.72 Å². The van der Waals surface area contributed by atoms with E-state index in [-0.39, 0.29) is 22.5 Å². The highest BCUT2D eigenvalue weighted by atomic mass is 32.2. The Morgan fingerprint density at radius 1 is 1.20 bits per heavy atom. The molecule has 2 rings (SSSR count). The summed E-state index contributed by atoms with van der Waals surface area (Å²) in [5.74, 6) is 1.46. The van der Waals surface area contributed by atoms with E-state index in [9.17, 15) is 8.42 Å². The van der Waals surface area contributed by atoms with E-state index in [4.69, 9.17) is 13.9 Å². The van der Waals surface area contributed by atoms with Gasteiger partial charge in [-0.15, -0.1) is 10.2 Å². The number of nitrogens with one attached hydrogen (secondary N) is 1. The Morgan fingerprint density at radius 3 is 2.44 bits per heavy atom. The normalized spacial score (nSPS) is 13.0. The maximum atomic E-state index is 12.9. The lowest BCUT2D eigenvalue weighted by molar-refractivity contribution is 0.369. The minimum Gasteiger partial charge on any atom is -0.497 e. The smallest absolute Gasteiger partial charge is 0.245 e. The Kier molecular flexibility index (Phi) is 6.02.